The number of hydrogen-bond acceptors (Lipinski definition) is 7. The average molecular weight is 473 g/mol. The molecule has 1 N–H and O–H groups in total. The third-order valence-electron chi connectivity index (χ3n) is 5.80. The van der Waals surface area contributed by atoms with Gasteiger partial charge in [0, 0.05) is 12.1 Å². The van der Waals surface area contributed by atoms with Crippen molar-refractivity contribution in [2.24, 2.45) is 0 Å². The lowest BCUT2D eigenvalue weighted by Gasteiger charge is -2.24. The highest BCUT2D eigenvalue weighted by atomic mass is 16.5. The lowest BCUT2D eigenvalue weighted by molar-refractivity contribution is -0.132. The molecule has 35 heavy (non-hydrogen) atoms. The Bertz CT molecular complexity index is 1250. The highest BCUT2D eigenvalue weighted by Gasteiger charge is 2.47. The van der Waals surface area contributed by atoms with Gasteiger partial charge in [-0.15, -0.1) is 5.10 Å². The highest BCUT2D eigenvalue weighted by Crippen LogP contribution is 2.41. The average Bonchev–Trinajstić information content (AvgIpc) is 3.10. The molecule has 1 saturated heterocycles. The largest absolute Gasteiger partial charge is 0.507 e. The zero-order chi connectivity index (χ0) is 25.1. The van der Waals surface area contributed by atoms with Gasteiger partial charge in [-0.05, 0) is 57.8 Å². The SMILES string of the molecule is Cc1ccc(/C(O)=C2/C(=O)C(=O)N(c3ccc(C)nn3)C2c2ccc(OCCN(C)C)cc2)cc1. The molecule has 8 nitrogen and oxygen atoms in total. The Morgan fingerprint density at radius 3 is 2.26 bits per heavy atom. The number of ether oxygens (including phenoxy) is 1. The number of aromatic nitrogens is 2. The van der Waals surface area contributed by atoms with Crippen LogP contribution < -0.4 is 9.64 Å². The van der Waals surface area contributed by atoms with Crippen LogP contribution >= 0.6 is 0 Å². The second kappa shape index (κ2) is 10.1. The van der Waals surface area contributed by atoms with Crippen LogP contribution in [0.25, 0.3) is 5.76 Å². The summed E-state index contributed by atoms with van der Waals surface area (Å²) in [7, 11) is 3.94. The Labute approximate surface area is 204 Å². The molecule has 180 valence electrons. The second-order valence-electron chi connectivity index (χ2n) is 8.79. The number of likely N-dealkylation sites (N-methyl/N-ethyl adjacent to an activating group) is 1. The molecular formula is C27H28N4O4. The van der Waals surface area contributed by atoms with Crippen LogP contribution in [-0.2, 0) is 9.59 Å². The molecule has 8 heteroatoms. The topological polar surface area (TPSA) is 95.9 Å². The van der Waals surface area contributed by atoms with Crippen LogP contribution in [0.1, 0.15) is 28.4 Å². The summed E-state index contributed by atoms with van der Waals surface area (Å²) in [5.41, 5.74) is 2.79. The molecular weight excluding hydrogens is 444 g/mol. The number of nitrogens with zero attached hydrogens (tertiary/aromatic N) is 4. The van der Waals surface area contributed by atoms with E-state index in [4.69, 9.17) is 4.74 Å². The molecule has 2 aromatic carbocycles. The minimum Gasteiger partial charge on any atom is -0.507 e. The minimum atomic E-state index is -0.871. The van der Waals surface area contributed by atoms with E-state index in [1.807, 2.05) is 38.1 Å². The van der Waals surface area contributed by atoms with E-state index in [9.17, 15) is 14.7 Å². The van der Waals surface area contributed by atoms with Crippen LogP contribution in [0.2, 0.25) is 0 Å². The maximum atomic E-state index is 13.2. The summed E-state index contributed by atoms with van der Waals surface area (Å²) in [6, 6.07) is 16.8. The maximum absolute atomic E-state index is 13.2. The van der Waals surface area contributed by atoms with Gasteiger partial charge in [0.2, 0.25) is 0 Å². The van der Waals surface area contributed by atoms with Crippen molar-refractivity contribution in [1.29, 1.82) is 0 Å². The van der Waals surface area contributed by atoms with Crippen molar-refractivity contribution in [1.82, 2.24) is 15.1 Å². The molecule has 1 unspecified atom stereocenters. The van der Waals surface area contributed by atoms with Crippen LogP contribution in [0.3, 0.4) is 0 Å². The third kappa shape index (κ3) is 5.07. The van der Waals surface area contributed by atoms with Crippen LogP contribution in [0.15, 0.2) is 66.2 Å². The molecule has 0 saturated carbocycles. The Morgan fingerprint density at radius 1 is 0.971 bits per heavy atom. The fourth-order valence-electron chi connectivity index (χ4n) is 3.86. The number of anilines is 1. The van der Waals surface area contributed by atoms with Crippen molar-refractivity contribution < 1.29 is 19.4 Å². The molecule has 1 aliphatic heterocycles. The van der Waals surface area contributed by atoms with Crippen molar-refractivity contribution in [3.8, 4) is 5.75 Å². The Kier molecular flexibility index (Phi) is 6.93. The van der Waals surface area contributed by atoms with Crippen molar-refractivity contribution >= 4 is 23.3 Å². The molecule has 0 spiro atoms. The number of aliphatic hydroxyl groups is 1. The van der Waals surface area contributed by atoms with Crippen molar-refractivity contribution in [2.75, 3.05) is 32.1 Å². The molecule has 2 heterocycles. The van der Waals surface area contributed by atoms with E-state index in [0.717, 1.165) is 12.1 Å². The van der Waals surface area contributed by atoms with Gasteiger partial charge in [0.05, 0.1) is 17.3 Å². The predicted octanol–water partition coefficient (Wildman–Crippen LogP) is 3.66. The number of hydrogen-bond donors (Lipinski definition) is 1. The summed E-state index contributed by atoms with van der Waals surface area (Å²) in [4.78, 5) is 29.7. The molecule has 1 fully saturated rings. The number of aliphatic hydroxyl groups excluding tert-OH is 1. The maximum Gasteiger partial charge on any atom is 0.301 e. The first-order valence-electron chi connectivity index (χ1n) is 11.3. The Morgan fingerprint density at radius 2 is 1.66 bits per heavy atom. The lowest BCUT2D eigenvalue weighted by Crippen LogP contribution is -2.30. The fraction of sp³-hybridized carbons (Fsp3) is 0.259. The number of ketones is 1. The molecule has 0 aliphatic carbocycles. The number of Topliss-reactive ketones (excluding diaryl/α,β-unsaturated/α-hetero) is 1. The summed E-state index contributed by atoms with van der Waals surface area (Å²) in [5.74, 6) is -0.879. The first-order valence-corrected chi connectivity index (χ1v) is 11.3. The lowest BCUT2D eigenvalue weighted by atomic mass is 9.95. The Balaban J connectivity index is 1.79. The molecule has 1 amide bonds. The normalized spacial score (nSPS) is 17.3. The smallest absolute Gasteiger partial charge is 0.301 e. The first-order chi connectivity index (χ1) is 16.8. The zero-order valence-electron chi connectivity index (χ0n) is 20.2. The molecule has 4 rings (SSSR count). The molecule has 1 aliphatic rings. The van der Waals surface area contributed by atoms with Gasteiger partial charge in [0.15, 0.2) is 5.82 Å². The van der Waals surface area contributed by atoms with E-state index in [-0.39, 0.29) is 17.2 Å². The number of carbonyl (C=O) groups excluding carboxylic acids is 2. The van der Waals surface area contributed by atoms with Gasteiger partial charge in [-0.25, -0.2) is 0 Å². The standard InChI is InChI=1S/C27H28N4O4/c1-17-5-8-20(9-6-17)25(32)23-24(19-10-12-21(13-11-19)35-16-15-30(3)4)31(27(34)26(23)33)22-14-7-18(2)28-29-22/h5-14,24,32H,15-16H2,1-4H3/b25-23-. The highest BCUT2D eigenvalue weighted by molar-refractivity contribution is 6.51. The van der Waals surface area contributed by atoms with Gasteiger partial charge in [0.25, 0.3) is 5.78 Å². The van der Waals surface area contributed by atoms with Crippen LogP contribution in [0.5, 0.6) is 5.75 Å². The Hall–Kier alpha value is -4.04. The van der Waals surface area contributed by atoms with Crippen molar-refractivity contribution in [3.05, 3.63) is 88.6 Å². The van der Waals surface area contributed by atoms with E-state index in [1.54, 1.807) is 55.5 Å². The molecule has 0 bridgehead atoms. The van der Waals surface area contributed by atoms with E-state index in [2.05, 4.69) is 10.2 Å². The summed E-state index contributed by atoms with van der Waals surface area (Å²) >= 11 is 0. The van der Waals surface area contributed by atoms with E-state index in [1.165, 1.54) is 4.90 Å². The van der Waals surface area contributed by atoms with Crippen LogP contribution in [0, 0.1) is 13.8 Å². The van der Waals surface area contributed by atoms with E-state index >= 15 is 0 Å². The predicted molar refractivity (Wildman–Crippen MR) is 133 cm³/mol. The van der Waals surface area contributed by atoms with Gasteiger partial charge >= 0.3 is 5.91 Å². The van der Waals surface area contributed by atoms with Gasteiger partial charge in [-0.3, -0.25) is 14.5 Å². The molecule has 0 radical (unpaired) electrons. The summed E-state index contributed by atoms with van der Waals surface area (Å²) in [6.45, 7) is 5.01. The van der Waals surface area contributed by atoms with Crippen LogP contribution in [-0.4, -0.2) is 59.1 Å². The molecule has 1 aromatic heterocycles. The van der Waals surface area contributed by atoms with E-state index < -0.39 is 17.7 Å². The third-order valence-corrected chi connectivity index (χ3v) is 5.80. The number of carbonyl (C=O) groups is 2. The van der Waals surface area contributed by atoms with Gasteiger partial charge in [0.1, 0.15) is 18.1 Å². The van der Waals surface area contributed by atoms with Gasteiger partial charge in [-0.2, -0.15) is 5.10 Å². The summed E-state index contributed by atoms with van der Waals surface area (Å²) in [6.07, 6.45) is 0. The number of benzene rings is 2. The monoisotopic (exact) mass is 472 g/mol. The van der Waals surface area contributed by atoms with E-state index in [0.29, 0.717) is 29.2 Å². The van der Waals surface area contributed by atoms with Crippen molar-refractivity contribution in [3.63, 3.8) is 0 Å². The van der Waals surface area contributed by atoms with Crippen molar-refractivity contribution in [2.45, 2.75) is 19.9 Å². The fourth-order valence-corrected chi connectivity index (χ4v) is 3.86. The minimum absolute atomic E-state index is 0.00232. The summed E-state index contributed by atoms with van der Waals surface area (Å²) in [5, 5.41) is 19.4. The summed E-state index contributed by atoms with van der Waals surface area (Å²) < 4.78 is 5.78. The quantitative estimate of drug-likeness (QED) is 0.318. The molecule has 3 aromatic rings. The van der Waals surface area contributed by atoms with Gasteiger partial charge < -0.3 is 14.7 Å². The number of aryl methyl sites for hydroxylation is 2. The molecule has 1 atom stereocenters. The van der Waals surface area contributed by atoms with Gasteiger partial charge in [-0.1, -0.05) is 42.0 Å². The number of amides is 1. The second-order valence-corrected chi connectivity index (χ2v) is 8.79. The zero-order valence-corrected chi connectivity index (χ0v) is 20.2. The number of rotatable bonds is 7. The van der Waals surface area contributed by atoms with Crippen LogP contribution in [0.4, 0.5) is 5.82 Å². The first kappa shape index (κ1) is 24.1.